The number of piperidine rings is 1. The summed E-state index contributed by atoms with van der Waals surface area (Å²) in [4.78, 5) is 31.0. The lowest BCUT2D eigenvalue weighted by Gasteiger charge is -2.32. The smallest absolute Gasteiger partial charge is 0.275 e. The quantitative estimate of drug-likeness (QED) is 0.679. The van der Waals surface area contributed by atoms with E-state index in [0.29, 0.717) is 25.1 Å². The van der Waals surface area contributed by atoms with E-state index in [0.717, 1.165) is 23.8 Å². The van der Waals surface area contributed by atoms with Gasteiger partial charge in [-0.15, -0.1) is 0 Å². The lowest BCUT2D eigenvalue weighted by atomic mass is 10.1. The Morgan fingerprint density at radius 1 is 1.11 bits per heavy atom. The first-order chi connectivity index (χ1) is 13.7. The Morgan fingerprint density at radius 3 is 2.71 bits per heavy atom. The van der Waals surface area contributed by atoms with Gasteiger partial charge in [-0.1, -0.05) is 24.3 Å². The predicted octanol–water partition coefficient (Wildman–Crippen LogP) is 2.00. The van der Waals surface area contributed by atoms with Crippen molar-refractivity contribution >= 4 is 16.7 Å². The van der Waals surface area contributed by atoms with Crippen LogP contribution in [0.1, 0.15) is 18.4 Å². The third kappa shape index (κ3) is 4.09. The minimum atomic E-state index is -0.235. The summed E-state index contributed by atoms with van der Waals surface area (Å²) >= 11 is 0. The second kappa shape index (κ2) is 8.31. The molecule has 144 valence electrons. The van der Waals surface area contributed by atoms with E-state index in [1.165, 1.54) is 4.68 Å². The number of pyridine rings is 1. The van der Waals surface area contributed by atoms with E-state index in [4.69, 9.17) is 4.74 Å². The molecule has 1 saturated heterocycles. The number of hydrogen-bond acceptors (Lipinski definition) is 5. The van der Waals surface area contributed by atoms with Crippen molar-refractivity contribution in [2.75, 3.05) is 13.1 Å². The van der Waals surface area contributed by atoms with Crippen molar-refractivity contribution in [2.24, 2.45) is 0 Å². The van der Waals surface area contributed by atoms with E-state index in [9.17, 15) is 9.59 Å². The number of aromatic nitrogens is 3. The number of hydrogen-bond donors (Lipinski definition) is 0. The van der Waals surface area contributed by atoms with Crippen molar-refractivity contribution in [2.45, 2.75) is 32.1 Å². The molecule has 28 heavy (non-hydrogen) atoms. The van der Waals surface area contributed by atoms with Gasteiger partial charge in [-0.25, -0.2) is 4.68 Å². The van der Waals surface area contributed by atoms with Gasteiger partial charge in [0.25, 0.3) is 5.56 Å². The number of amides is 1. The van der Waals surface area contributed by atoms with Crippen LogP contribution >= 0.6 is 0 Å². The molecule has 0 N–H and O–H groups in total. The SMILES string of the molecule is O=C(Cn1ncc2ccccc2c1=O)N1CCC(OCc2cccnc2)CC1. The molecule has 0 bridgehead atoms. The van der Waals surface area contributed by atoms with Crippen LogP contribution in [0.2, 0.25) is 0 Å². The monoisotopic (exact) mass is 378 g/mol. The van der Waals surface area contributed by atoms with Crippen molar-refractivity contribution in [3.8, 4) is 0 Å². The van der Waals surface area contributed by atoms with Crippen LogP contribution in [0, 0.1) is 0 Å². The maximum Gasteiger partial charge on any atom is 0.275 e. The molecule has 3 aromatic rings. The van der Waals surface area contributed by atoms with Crippen molar-refractivity contribution in [3.63, 3.8) is 0 Å². The van der Waals surface area contributed by atoms with Gasteiger partial charge in [0.1, 0.15) is 6.54 Å². The zero-order chi connectivity index (χ0) is 19.3. The molecule has 1 amide bonds. The van der Waals surface area contributed by atoms with Gasteiger partial charge in [-0.2, -0.15) is 5.10 Å². The molecule has 1 fully saturated rings. The second-order valence-electron chi connectivity index (χ2n) is 6.95. The number of nitrogens with zero attached hydrogens (tertiary/aromatic N) is 4. The van der Waals surface area contributed by atoms with Gasteiger partial charge in [0, 0.05) is 30.9 Å². The summed E-state index contributed by atoms with van der Waals surface area (Å²) in [6, 6.07) is 11.1. The molecule has 1 aliphatic heterocycles. The first-order valence-corrected chi connectivity index (χ1v) is 9.44. The van der Waals surface area contributed by atoms with Crippen molar-refractivity contribution in [1.82, 2.24) is 19.7 Å². The predicted molar refractivity (Wildman–Crippen MR) is 105 cm³/mol. The number of benzene rings is 1. The Kier molecular flexibility index (Phi) is 5.43. The summed E-state index contributed by atoms with van der Waals surface area (Å²) in [5.74, 6) is -0.0874. The van der Waals surface area contributed by atoms with Gasteiger partial charge in [-0.3, -0.25) is 14.6 Å². The normalized spacial score (nSPS) is 15.1. The fourth-order valence-corrected chi connectivity index (χ4v) is 3.44. The first kappa shape index (κ1) is 18.3. The van der Waals surface area contributed by atoms with Gasteiger partial charge in [0.2, 0.25) is 5.91 Å². The zero-order valence-corrected chi connectivity index (χ0v) is 15.5. The molecule has 0 atom stereocenters. The van der Waals surface area contributed by atoms with Crippen LogP contribution in [0.25, 0.3) is 10.8 Å². The fraction of sp³-hybridized carbons (Fsp3) is 0.333. The maximum atomic E-state index is 12.6. The summed E-state index contributed by atoms with van der Waals surface area (Å²) in [6.45, 7) is 1.74. The Balaban J connectivity index is 1.32. The number of fused-ring (bicyclic) bond motifs is 1. The maximum absolute atomic E-state index is 12.6. The molecule has 0 saturated carbocycles. The van der Waals surface area contributed by atoms with Crippen LogP contribution in [0.3, 0.4) is 0 Å². The highest BCUT2D eigenvalue weighted by atomic mass is 16.5. The van der Waals surface area contributed by atoms with Crippen molar-refractivity contribution in [1.29, 1.82) is 0 Å². The van der Waals surface area contributed by atoms with Crippen LogP contribution in [0.15, 0.2) is 59.8 Å². The Morgan fingerprint density at radius 2 is 1.93 bits per heavy atom. The molecule has 3 heterocycles. The minimum Gasteiger partial charge on any atom is -0.373 e. The molecule has 1 aliphatic rings. The second-order valence-corrected chi connectivity index (χ2v) is 6.95. The molecule has 0 unspecified atom stereocenters. The number of likely N-dealkylation sites (tertiary alicyclic amines) is 1. The fourth-order valence-electron chi connectivity index (χ4n) is 3.44. The van der Waals surface area contributed by atoms with E-state index in [1.807, 2.05) is 30.3 Å². The molecule has 0 spiro atoms. The zero-order valence-electron chi connectivity index (χ0n) is 15.5. The van der Waals surface area contributed by atoms with E-state index in [1.54, 1.807) is 29.6 Å². The van der Waals surface area contributed by atoms with Crippen LogP contribution in [-0.4, -0.2) is 44.8 Å². The number of carbonyl (C=O) groups excluding carboxylic acids is 1. The number of rotatable bonds is 5. The highest BCUT2D eigenvalue weighted by Crippen LogP contribution is 2.16. The minimum absolute atomic E-state index is 0.0368. The summed E-state index contributed by atoms with van der Waals surface area (Å²) < 4.78 is 7.18. The van der Waals surface area contributed by atoms with Crippen LogP contribution in [-0.2, 0) is 22.7 Å². The summed E-state index contributed by atoms with van der Waals surface area (Å²) in [7, 11) is 0. The van der Waals surface area contributed by atoms with Crippen LogP contribution in [0.5, 0.6) is 0 Å². The molecule has 7 heteroatoms. The molecule has 7 nitrogen and oxygen atoms in total. The number of ether oxygens (including phenoxy) is 1. The molecular weight excluding hydrogens is 356 g/mol. The molecular formula is C21H22N4O3. The largest absolute Gasteiger partial charge is 0.373 e. The van der Waals surface area contributed by atoms with E-state index >= 15 is 0 Å². The number of carbonyl (C=O) groups is 1. The average Bonchev–Trinajstić information content (AvgIpc) is 2.75. The molecule has 0 radical (unpaired) electrons. The lowest BCUT2D eigenvalue weighted by Crippen LogP contribution is -2.43. The van der Waals surface area contributed by atoms with Gasteiger partial charge in [0.05, 0.1) is 24.3 Å². The Hall–Kier alpha value is -3.06. The molecule has 2 aromatic heterocycles. The summed E-state index contributed by atoms with van der Waals surface area (Å²) in [5, 5.41) is 5.50. The van der Waals surface area contributed by atoms with Gasteiger partial charge in [0.15, 0.2) is 0 Å². The van der Waals surface area contributed by atoms with E-state index < -0.39 is 0 Å². The van der Waals surface area contributed by atoms with Crippen LogP contribution in [0.4, 0.5) is 0 Å². The van der Waals surface area contributed by atoms with E-state index in [2.05, 4.69) is 10.1 Å². The van der Waals surface area contributed by atoms with E-state index in [-0.39, 0.29) is 24.1 Å². The summed E-state index contributed by atoms with van der Waals surface area (Å²) in [6.07, 6.45) is 6.86. The third-order valence-corrected chi connectivity index (χ3v) is 5.05. The highest BCUT2D eigenvalue weighted by molar-refractivity contribution is 5.81. The molecule has 1 aromatic carbocycles. The standard InChI is InChI=1S/C21H22N4O3/c26-20(14-25-21(27)19-6-2-1-5-17(19)13-23-25)24-10-7-18(8-11-24)28-15-16-4-3-9-22-12-16/h1-6,9,12-13,18H,7-8,10-11,14-15H2. The Labute approximate surface area is 162 Å². The van der Waals surface area contributed by atoms with Crippen molar-refractivity contribution < 1.29 is 9.53 Å². The van der Waals surface area contributed by atoms with Crippen molar-refractivity contribution in [3.05, 3.63) is 70.9 Å². The average molecular weight is 378 g/mol. The topological polar surface area (TPSA) is 77.3 Å². The highest BCUT2D eigenvalue weighted by Gasteiger charge is 2.24. The lowest BCUT2D eigenvalue weighted by molar-refractivity contribution is -0.134. The first-order valence-electron chi connectivity index (χ1n) is 9.44. The van der Waals surface area contributed by atoms with Gasteiger partial charge < -0.3 is 9.64 Å². The van der Waals surface area contributed by atoms with Gasteiger partial charge >= 0.3 is 0 Å². The molecule has 0 aliphatic carbocycles. The van der Waals surface area contributed by atoms with Gasteiger partial charge in [-0.05, 0) is 30.5 Å². The summed E-state index contributed by atoms with van der Waals surface area (Å²) in [5.41, 5.74) is 0.809. The molecule has 4 rings (SSSR count). The Bertz CT molecular complexity index is 1010. The van der Waals surface area contributed by atoms with Crippen LogP contribution < -0.4 is 5.56 Å². The third-order valence-electron chi connectivity index (χ3n) is 5.05.